The highest BCUT2D eigenvalue weighted by atomic mass is 32.2. The van der Waals surface area contributed by atoms with E-state index in [4.69, 9.17) is 4.74 Å². The molecule has 1 aromatic carbocycles. The zero-order chi connectivity index (χ0) is 18.3. The number of sulfonamides is 1. The molecule has 1 aliphatic rings. The fourth-order valence-corrected chi connectivity index (χ4v) is 4.12. The number of hydrogen-bond donors (Lipinski definition) is 2. The summed E-state index contributed by atoms with van der Waals surface area (Å²) in [6.45, 7) is 3.68. The number of hydrogen-bond acceptors (Lipinski definition) is 4. The lowest BCUT2D eigenvalue weighted by atomic mass is 9.95. The van der Waals surface area contributed by atoms with Crippen molar-refractivity contribution in [2.24, 2.45) is 0 Å². The van der Waals surface area contributed by atoms with E-state index in [1.165, 1.54) is 18.6 Å². The van der Waals surface area contributed by atoms with Crippen LogP contribution in [0.25, 0.3) is 0 Å². The van der Waals surface area contributed by atoms with Gasteiger partial charge in [0, 0.05) is 12.1 Å². The van der Waals surface area contributed by atoms with Gasteiger partial charge in [-0.3, -0.25) is 4.79 Å². The zero-order valence-corrected chi connectivity index (χ0v) is 15.8. The van der Waals surface area contributed by atoms with E-state index in [9.17, 15) is 13.2 Å². The van der Waals surface area contributed by atoms with Gasteiger partial charge in [-0.05, 0) is 50.5 Å². The Balaban J connectivity index is 1.84. The average molecular weight is 368 g/mol. The van der Waals surface area contributed by atoms with Crippen LogP contribution in [0.5, 0.6) is 5.75 Å². The first-order chi connectivity index (χ1) is 11.9. The maximum atomic E-state index is 12.2. The van der Waals surface area contributed by atoms with Gasteiger partial charge in [-0.15, -0.1) is 0 Å². The Morgan fingerprint density at radius 2 is 1.84 bits per heavy atom. The highest BCUT2D eigenvalue weighted by molar-refractivity contribution is 7.89. The summed E-state index contributed by atoms with van der Waals surface area (Å²) >= 11 is 0. The number of carbonyl (C=O) groups excluding carboxylic acids is 1. The van der Waals surface area contributed by atoms with Crippen LogP contribution in [0, 0.1) is 0 Å². The number of amides is 1. The maximum Gasteiger partial charge on any atom is 0.258 e. The van der Waals surface area contributed by atoms with E-state index in [2.05, 4.69) is 10.0 Å². The van der Waals surface area contributed by atoms with Gasteiger partial charge in [0.15, 0.2) is 6.61 Å². The fraction of sp³-hybridized carbons (Fsp3) is 0.611. The summed E-state index contributed by atoms with van der Waals surface area (Å²) in [7, 11) is -3.52. The molecule has 0 spiro atoms. The molecule has 140 valence electrons. The molecule has 1 atom stereocenters. The Kier molecular flexibility index (Phi) is 7.25. The van der Waals surface area contributed by atoms with Crippen molar-refractivity contribution in [3.8, 4) is 5.75 Å². The molecule has 6 nitrogen and oxygen atoms in total. The molecule has 0 unspecified atom stereocenters. The maximum absolute atomic E-state index is 12.2. The molecule has 1 saturated carbocycles. The number of carbonyl (C=O) groups is 1. The number of benzene rings is 1. The van der Waals surface area contributed by atoms with Crippen molar-refractivity contribution >= 4 is 15.9 Å². The molecule has 0 bridgehead atoms. The third-order valence-electron chi connectivity index (χ3n) is 4.44. The highest BCUT2D eigenvalue weighted by Crippen LogP contribution is 2.18. The average Bonchev–Trinajstić information content (AvgIpc) is 2.61. The normalized spacial score (nSPS) is 17.0. The molecule has 2 N–H and O–H groups in total. The molecule has 1 fully saturated rings. The SMILES string of the molecule is CC[C@H](C)NS(=O)(=O)c1ccc(OCC(=O)NC2CCCCC2)cc1. The molecule has 1 amide bonds. The first kappa shape index (κ1) is 19.7. The third kappa shape index (κ3) is 6.32. The number of nitrogens with one attached hydrogen (secondary N) is 2. The topological polar surface area (TPSA) is 84.5 Å². The van der Waals surface area contributed by atoms with Gasteiger partial charge in [0.25, 0.3) is 5.91 Å². The molecule has 0 radical (unpaired) electrons. The molecule has 7 heteroatoms. The van der Waals surface area contributed by atoms with Crippen molar-refractivity contribution in [1.29, 1.82) is 0 Å². The summed E-state index contributed by atoms with van der Waals surface area (Å²) in [5.41, 5.74) is 0. The Morgan fingerprint density at radius 3 is 2.44 bits per heavy atom. The molecule has 1 aliphatic carbocycles. The van der Waals surface area contributed by atoms with Gasteiger partial charge >= 0.3 is 0 Å². The summed E-state index contributed by atoms with van der Waals surface area (Å²) in [4.78, 5) is 12.1. The second-order valence-electron chi connectivity index (χ2n) is 6.59. The standard InChI is InChI=1S/C18H28N2O4S/c1-3-14(2)20-25(22,23)17-11-9-16(10-12-17)24-13-18(21)19-15-7-5-4-6-8-15/h9-12,14-15,20H,3-8,13H2,1-2H3,(H,19,21)/t14-/m0/s1. The lowest BCUT2D eigenvalue weighted by molar-refractivity contribution is -0.124. The van der Waals surface area contributed by atoms with E-state index in [0.29, 0.717) is 5.75 Å². The second-order valence-corrected chi connectivity index (χ2v) is 8.31. The fourth-order valence-electron chi connectivity index (χ4n) is 2.80. The van der Waals surface area contributed by atoms with Crippen molar-refractivity contribution in [3.05, 3.63) is 24.3 Å². The van der Waals surface area contributed by atoms with Gasteiger partial charge in [0.2, 0.25) is 10.0 Å². The summed E-state index contributed by atoms with van der Waals surface area (Å²) in [6.07, 6.45) is 6.34. The molecule has 0 aromatic heterocycles. The van der Waals surface area contributed by atoms with Crippen LogP contribution in [0.1, 0.15) is 52.4 Å². The molecule has 1 aromatic rings. The van der Waals surface area contributed by atoms with E-state index in [1.54, 1.807) is 12.1 Å². The molecule has 0 aliphatic heterocycles. The van der Waals surface area contributed by atoms with Gasteiger partial charge < -0.3 is 10.1 Å². The lowest BCUT2D eigenvalue weighted by Gasteiger charge is -2.22. The van der Waals surface area contributed by atoms with Crippen LogP contribution in [-0.4, -0.2) is 33.0 Å². The molecule has 0 saturated heterocycles. The smallest absolute Gasteiger partial charge is 0.258 e. The van der Waals surface area contributed by atoms with Gasteiger partial charge in [-0.1, -0.05) is 26.2 Å². The van der Waals surface area contributed by atoms with Crippen LogP contribution in [0.2, 0.25) is 0 Å². The van der Waals surface area contributed by atoms with Gasteiger partial charge in [-0.2, -0.15) is 0 Å². The molecule has 0 heterocycles. The van der Waals surface area contributed by atoms with Crippen LogP contribution in [0.3, 0.4) is 0 Å². The molecule has 25 heavy (non-hydrogen) atoms. The van der Waals surface area contributed by atoms with Crippen LogP contribution in [0.4, 0.5) is 0 Å². The minimum absolute atomic E-state index is 0.0618. The van der Waals surface area contributed by atoms with E-state index in [0.717, 1.165) is 32.1 Å². The first-order valence-electron chi connectivity index (χ1n) is 8.95. The van der Waals surface area contributed by atoms with E-state index in [-0.39, 0.29) is 29.5 Å². The van der Waals surface area contributed by atoms with Crippen LogP contribution < -0.4 is 14.8 Å². The Bertz CT molecular complexity index is 652. The first-order valence-corrected chi connectivity index (χ1v) is 10.4. The minimum atomic E-state index is -3.52. The van der Waals surface area contributed by atoms with E-state index < -0.39 is 10.0 Å². The summed E-state index contributed by atoms with van der Waals surface area (Å²) in [5.74, 6) is 0.336. The van der Waals surface area contributed by atoms with Crippen molar-refractivity contribution in [1.82, 2.24) is 10.0 Å². The highest BCUT2D eigenvalue weighted by Gasteiger charge is 2.17. The van der Waals surface area contributed by atoms with Crippen molar-refractivity contribution in [2.75, 3.05) is 6.61 Å². The predicted octanol–water partition coefficient (Wildman–Crippen LogP) is 2.59. The van der Waals surface area contributed by atoms with Crippen LogP contribution >= 0.6 is 0 Å². The van der Waals surface area contributed by atoms with Crippen LogP contribution in [0.15, 0.2) is 29.2 Å². The van der Waals surface area contributed by atoms with Crippen molar-refractivity contribution < 1.29 is 17.9 Å². The Morgan fingerprint density at radius 1 is 1.20 bits per heavy atom. The quantitative estimate of drug-likeness (QED) is 0.739. The van der Waals surface area contributed by atoms with Crippen LogP contribution in [-0.2, 0) is 14.8 Å². The number of ether oxygens (including phenoxy) is 1. The monoisotopic (exact) mass is 368 g/mol. The predicted molar refractivity (Wildman–Crippen MR) is 97.0 cm³/mol. The molecular weight excluding hydrogens is 340 g/mol. The van der Waals surface area contributed by atoms with Gasteiger partial charge in [0.1, 0.15) is 5.75 Å². The Hall–Kier alpha value is -1.60. The zero-order valence-electron chi connectivity index (χ0n) is 15.0. The summed E-state index contributed by atoms with van der Waals surface area (Å²) in [5, 5.41) is 2.98. The third-order valence-corrected chi connectivity index (χ3v) is 6.05. The van der Waals surface area contributed by atoms with E-state index in [1.807, 2.05) is 13.8 Å². The minimum Gasteiger partial charge on any atom is -0.484 e. The summed E-state index contributed by atoms with van der Waals surface area (Å²) in [6, 6.07) is 6.24. The lowest BCUT2D eigenvalue weighted by Crippen LogP contribution is -2.38. The van der Waals surface area contributed by atoms with Crippen molar-refractivity contribution in [3.63, 3.8) is 0 Å². The van der Waals surface area contributed by atoms with Gasteiger partial charge in [-0.25, -0.2) is 13.1 Å². The summed E-state index contributed by atoms with van der Waals surface area (Å²) < 4.78 is 32.4. The molecular formula is C18H28N2O4S. The largest absolute Gasteiger partial charge is 0.484 e. The van der Waals surface area contributed by atoms with E-state index >= 15 is 0 Å². The van der Waals surface area contributed by atoms with Crippen molar-refractivity contribution in [2.45, 2.75) is 69.4 Å². The molecule has 2 rings (SSSR count). The van der Waals surface area contributed by atoms with Gasteiger partial charge in [0.05, 0.1) is 4.90 Å². The Labute approximate surface area is 150 Å². The second kappa shape index (κ2) is 9.20. The number of rotatable bonds is 8.